The lowest BCUT2D eigenvalue weighted by Gasteiger charge is -1.85. The maximum Gasteiger partial charge on any atom is -0.0313 e. The quantitative estimate of drug-likeness (QED) is 0.399. The van der Waals surface area contributed by atoms with E-state index in [0.29, 0.717) is 0 Å². The van der Waals surface area contributed by atoms with Crippen LogP contribution in [0.15, 0.2) is 37.5 Å². The molecule has 0 rings (SSSR count). The van der Waals surface area contributed by atoms with E-state index in [0.717, 1.165) is 6.42 Å². The van der Waals surface area contributed by atoms with Gasteiger partial charge in [-0.25, -0.2) is 0 Å². The van der Waals surface area contributed by atoms with Gasteiger partial charge in [0.2, 0.25) is 0 Å². The molecular weight excluding hydrogens is 156 g/mol. The number of allylic oxidation sites excluding steroid dienone is 3. The lowest BCUT2D eigenvalue weighted by Crippen LogP contribution is -1.65. The third kappa shape index (κ3) is 53.6. The average molecular weight is 184 g/mol. The summed E-state index contributed by atoms with van der Waals surface area (Å²) in [5.74, 6) is 0. The predicted molar refractivity (Wildman–Crippen MR) is 68.2 cm³/mol. The zero-order valence-corrected chi connectivity index (χ0v) is 10.5. The molecule has 0 aromatic rings. The SMILES string of the molecule is C=C.C=C(/C=C\C)CC.CC.CC. The van der Waals surface area contributed by atoms with Crippen LogP contribution in [0.3, 0.4) is 0 Å². The zero-order valence-electron chi connectivity index (χ0n) is 10.5. The first-order valence-corrected chi connectivity index (χ1v) is 5.11. The number of hydrogen-bond acceptors (Lipinski definition) is 0. The van der Waals surface area contributed by atoms with Crippen molar-refractivity contribution < 1.29 is 0 Å². The molecule has 80 valence electrons. The third-order valence-electron chi connectivity index (χ3n) is 0.856. The van der Waals surface area contributed by atoms with Gasteiger partial charge < -0.3 is 0 Å². The van der Waals surface area contributed by atoms with Crippen LogP contribution in [0.5, 0.6) is 0 Å². The van der Waals surface area contributed by atoms with E-state index < -0.39 is 0 Å². The van der Waals surface area contributed by atoms with Gasteiger partial charge in [0.25, 0.3) is 0 Å². The number of rotatable bonds is 2. The molecule has 0 radical (unpaired) electrons. The Hall–Kier alpha value is -0.780. The Labute approximate surface area is 86.1 Å². The summed E-state index contributed by atoms with van der Waals surface area (Å²) in [4.78, 5) is 0. The van der Waals surface area contributed by atoms with Gasteiger partial charge in [0.05, 0.1) is 0 Å². The molecule has 0 N–H and O–H groups in total. The first kappa shape index (κ1) is 22.8. The smallest absolute Gasteiger partial charge is 0.0313 e. The number of hydrogen-bond donors (Lipinski definition) is 0. The molecule has 0 aromatic heterocycles. The van der Waals surface area contributed by atoms with Crippen LogP contribution in [0.2, 0.25) is 0 Å². The second kappa shape index (κ2) is 43.0. The van der Waals surface area contributed by atoms with Crippen LogP contribution in [-0.4, -0.2) is 0 Å². The average Bonchev–Trinajstić information content (AvgIpc) is 2.27. The van der Waals surface area contributed by atoms with Gasteiger partial charge in [0.15, 0.2) is 0 Å². The van der Waals surface area contributed by atoms with E-state index in [1.54, 1.807) is 0 Å². The highest BCUT2D eigenvalue weighted by Gasteiger charge is 1.75. The monoisotopic (exact) mass is 184 g/mol. The molecule has 0 spiro atoms. The van der Waals surface area contributed by atoms with Crippen LogP contribution in [0.1, 0.15) is 48.0 Å². The molecule has 0 atom stereocenters. The van der Waals surface area contributed by atoms with E-state index in [-0.39, 0.29) is 0 Å². The Morgan fingerprint density at radius 2 is 1.38 bits per heavy atom. The molecule has 0 aromatic carbocycles. The van der Waals surface area contributed by atoms with Gasteiger partial charge in [-0.2, -0.15) is 0 Å². The maximum absolute atomic E-state index is 3.78. The standard InChI is InChI=1S/C7H12.2C2H6.C2H4/c1-4-6-7(3)5-2;3*1-2/h4,6H,3,5H2,1-2H3;2*1-2H3;1-2H2/b6-4-;;;. The van der Waals surface area contributed by atoms with Gasteiger partial charge in [-0.05, 0) is 13.3 Å². The molecule has 0 fully saturated rings. The highest BCUT2D eigenvalue weighted by Crippen LogP contribution is 1.95. The fraction of sp³-hybridized carbons (Fsp3) is 0.538. The molecule has 0 nitrogen and oxygen atoms in total. The van der Waals surface area contributed by atoms with Crippen LogP contribution >= 0.6 is 0 Å². The molecule has 0 amide bonds. The highest BCUT2D eigenvalue weighted by molar-refractivity contribution is 5.12. The topological polar surface area (TPSA) is 0 Å². The summed E-state index contributed by atoms with van der Waals surface area (Å²) in [6, 6.07) is 0. The Balaban J connectivity index is -0.0000000573. The summed E-state index contributed by atoms with van der Waals surface area (Å²) < 4.78 is 0. The van der Waals surface area contributed by atoms with Crippen molar-refractivity contribution in [3.63, 3.8) is 0 Å². The van der Waals surface area contributed by atoms with Gasteiger partial charge in [0.1, 0.15) is 0 Å². The molecule has 0 heteroatoms. The second-order valence-electron chi connectivity index (χ2n) is 1.51. The summed E-state index contributed by atoms with van der Waals surface area (Å²) >= 11 is 0. The van der Waals surface area contributed by atoms with E-state index >= 15 is 0 Å². The van der Waals surface area contributed by atoms with E-state index in [2.05, 4.69) is 26.7 Å². The molecule has 0 unspecified atom stereocenters. The van der Waals surface area contributed by atoms with Gasteiger partial charge in [-0.15, -0.1) is 13.2 Å². The maximum atomic E-state index is 3.78. The van der Waals surface area contributed by atoms with Crippen molar-refractivity contribution in [2.45, 2.75) is 48.0 Å². The van der Waals surface area contributed by atoms with Crippen molar-refractivity contribution >= 4 is 0 Å². The Bertz CT molecular complexity index is 88.2. The lowest BCUT2D eigenvalue weighted by atomic mass is 10.2. The van der Waals surface area contributed by atoms with Crippen molar-refractivity contribution in [2.75, 3.05) is 0 Å². The summed E-state index contributed by atoms with van der Waals surface area (Å²) in [6.45, 7) is 21.9. The van der Waals surface area contributed by atoms with E-state index in [4.69, 9.17) is 0 Å². The molecule has 0 aliphatic rings. The molecule has 0 saturated carbocycles. The Morgan fingerprint density at radius 3 is 1.46 bits per heavy atom. The lowest BCUT2D eigenvalue weighted by molar-refractivity contribution is 1.16. The summed E-state index contributed by atoms with van der Waals surface area (Å²) in [6.07, 6.45) is 5.09. The molecule has 13 heavy (non-hydrogen) atoms. The van der Waals surface area contributed by atoms with Crippen LogP contribution in [-0.2, 0) is 0 Å². The van der Waals surface area contributed by atoms with Crippen LogP contribution < -0.4 is 0 Å². The Kier molecular flexibility index (Phi) is 75.3. The minimum Gasteiger partial charge on any atom is -0.106 e. The van der Waals surface area contributed by atoms with Crippen molar-refractivity contribution in [3.8, 4) is 0 Å². The molecular formula is C13H28. The fourth-order valence-electron chi connectivity index (χ4n) is 0.354. The molecule has 0 heterocycles. The van der Waals surface area contributed by atoms with Crippen molar-refractivity contribution in [2.24, 2.45) is 0 Å². The molecule has 0 bridgehead atoms. The second-order valence-corrected chi connectivity index (χ2v) is 1.51. The van der Waals surface area contributed by atoms with Gasteiger partial charge in [-0.1, -0.05) is 58.9 Å². The van der Waals surface area contributed by atoms with E-state index in [1.165, 1.54) is 5.57 Å². The first-order valence-electron chi connectivity index (χ1n) is 5.11. The minimum absolute atomic E-state index is 1.06. The van der Waals surface area contributed by atoms with Gasteiger partial charge in [-0.3, -0.25) is 0 Å². The first-order chi connectivity index (χ1) is 6.31. The van der Waals surface area contributed by atoms with E-state index in [1.807, 2.05) is 46.8 Å². The highest BCUT2D eigenvalue weighted by atomic mass is 13.8. The zero-order chi connectivity index (χ0) is 11.7. The molecule has 0 aliphatic heterocycles. The van der Waals surface area contributed by atoms with Crippen LogP contribution in [0.4, 0.5) is 0 Å². The summed E-state index contributed by atoms with van der Waals surface area (Å²) in [5, 5.41) is 0. The minimum atomic E-state index is 1.06. The van der Waals surface area contributed by atoms with Crippen LogP contribution in [0.25, 0.3) is 0 Å². The predicted octanol–water partition coefficient (Wildman–Crippen LogP) is 5.38. The normalized spacial score (nSPS) is 6.62. The van der Waals surface area contributed by atoms with Gasteiger partial charge >= 0.3 is 0 Å². The van der Waals surface area contributed by atoms with Crippen molar-refractivity contribution in [1.82, 2.24) is 0 Å². The fourth-order valence-corrected chi connectivity index (χ4v) is 0.354. The van der Waals surface area contributed by atoms with Crippen LogP contribution in [0, 0.1) is 0 Å². The van der Waals surface area contributed by atoms with Crippen molar-refractivity contribution in [3.05, 3.63) is 37.5 Å². The Morgan fingerprint density at radius 1 is 1.08 bits per heavy atom. The molecule has 0 aliphatic carbocycles. The summed E-state index contributed by atoms with van der Waals surface area (Å²) in [5.41, 5.74) is 1.20. The molecule has 0 saturated heterocycles. The largest absolute Gasteiger partial charge is 0.106 e. The van der Waals surface area contributed by atoms with Gasteiger partial charge in [0, 0.05) is 0 Å². The van der Waals surface area contributed by atoms with E-state index in [9.17, 15) is 0 Å². The summed E-state index contributed by atoms with van der Waals surface area (Å²) in [7, 11) is 0. The van der Waals surface area contributed by atoms with Crippen molar-refractivity contribution in [1.29, 1.82) is 0 Å². The third-order valence-corrected chi connectivity index (χ3v) is 0.856.